The van der Waals surface area contributed by atoms with Crippen LogP contribution in [0.25, 0.3) is 10.7 Å². The fourth-order valence-corrected chi connectivity index (χ4v) is 1.96. The van der Waals surface area contributed by atoms with Crippen molar-refractivity contribution in [2.45, 2.75) is 19.5 Å². The average molecular weight is 267 g/mol. The van der Waals surface area contributed by atoms with Crippen molar-refractivity contribution in [2.24, 2.45) is 0 Å². The highest BCUT2D eigenvalue weighted by atomic mass is 32.1. The molecule has 96 valence electrons. The molecule has 2 N–H and O–H groups in total. The van der Waals surface area contributed by atoms with Gasteiger partial charge < -0.3 is 10.4 Å². The zero-order valence-corrected chi connectivity index (χ0v) is 10.6. The zero-order valence-electron chi connectivity index (χ0n) is 9.78. The topological polar surface area (TPSA) is 92.9 Å². The van der Waals surface area contributed by atoms with Crippen molar-refractivity contribution in [3.63, 3.8) is 0 Å². The molecule has 0 aliphatic rings. The molecule has 8 heteroatoms. The van der Waals surface area contributed by atoms with Crippen LogP contribution in [0.1, 0.15) is 6.92 Å². The number of nitrogens with one attached hydrogen (secondary N) is 1. The smallest absolute Gasteiger partial charge is 0.243 e. The minimum Gasteiger partial charge on any atom is -0.394 e. The van der Waals surface area contributed by atoms with Gasteiger partial charge in [0.05, 0.1) is 11.5 Å². The maximum absolute atomic E-state index is 11.5. The van der Waals surface area contributed by atoms with Gasteiger partial charge in [0.15, 0.2) is 0 Å². The van der Waals surface area contributed by atoms with E-state index in [0.29, 0.717) is 5.82 Å². The summed E-state index contributed by atoms with van der Waals surface area (Å²) in [7, 11) is 0. The molecular weight excluding hydrogens is 254 g/mol. The van der Waals surface area contributed by atoms with Crippen molar-refractivity contribution in [1.29, 1.82) is 0 Å². The lowest BCUT2D eigenvalue weighted by Crippen LogP contribution is -2.37. The molecule has 1 amide bonds. The third-order valence-electron chi connectivity index (χ3n) is 2.16. The first-order valence-corrected chi connectivity index (χ1v) is 6.29. The number of aliphatic hydroxyl groups excluding tert-OH is 1. The summed E-state index contributed by atoms with van der Waals surface area (Å²) < 4.78 is 0. The largest absolute Gasteiger partial charge is 0.394 e. The first kappa shape index (κ1) is 12.7. The lowest BCUT2D eigenvalue weighted by Gasteiger charge is -2.09. The highest BCUT2D eigenvalue weighted by Crippen LogP contribution is 2.19. The fraction of sp³-hybridized carbons (Fsp3) is 0.400. The molecule has 0 fully saturated rings. The van der Waals surface area contributed by atoms with E-state index in [1.807, 2.05) is 17.5 Å². The van der Waals surface area contributed by atoms with Crippen LogP contribution < -0.4 is 5.32 Å². The number of aliphatic hydroxyl groups is 1. The summed E-state index contributed by atoms with van der Waals surface area (Å²) in [6.45, 7) is 1.60. The molecule has 0 radical (unpaired) electrons. The highest BCUT2D eigenvalue weighted by molar-refractivity contribution is 7.13. The Balaban J connectivity index is 1.97. The standard InChI is InChI=1S/C10H13N5O2S/c1-7(6-16)11-9(17)5-15-13-10(12-14-15)8-3-2-4-18-8/h2-4,7,16H,5-6H2,1H3,(H,11,17)/t7-/m0/s1. The van der Waals surface area contributed by atoms with E-state index in [-0.39, 0.29) is 25.1 Å². The maximum atomic E-state index is 11.5. The van der Waals surface area contributed by atoms with Crippen molar-refractivity contribution in [3.8, 4) is 10.7 Å². The fourth-order valence-electron chi connectivity index (χ4n) is 1.31. The van der Waals surface area contributed by atoms with Gasteiger partial charge in [-0.1, -0.05) is 6.07 Å². The molecule has 0 aliphatic heterocycles. The van der Waals surface area contributed by atoms with Crippen LogP contribution in [0.3, 0.4) is 0 Å². The minimum atomic E-state index is -0.280. The van der Waals surface area contributed by atoms with Gasteiger partial charge in [0, 0.05) is 6.04 Å². The van der Waals surface area contributed by atoms with E-state index in [4.69, 9.17) is 5.11 Å². The van der Waals surface area contributed by atoms with Gasteiger partial charge in [-0.15, -0.1) is 21.5 Å². The second kappa shape index (κ2) is 5.69. The second-order valence-electron chi connectivity index (χ2n) is 3.77. The van der Waals surface area contributed by atoms with Crippen molar-refractivity contribution in [3.05, 3.63) is 17.5 Å². The summed E-state index contributed by atoms with van der Waals surface area (Å²) in [5.74, 6) is 0.250. The van der Waals surface area contributed by atoms with Crippen LogP contribution in [0, 0.1) is 0 Å². The van der Waals surface area contributed by atoms with E-state index >= 15 is 0 Å². The molecule has 18 heavy (non-hydrogen) atoms. The van der Waals surface area contributed by atoms with E-state index in [1.54, 1.807) is 6.92 Å². The number of thiophene rings is 1. The molecule has 2 heterocycles. The molecule has 0 aliphatic carbocycles. The van der Waals surface area contributed by atoms with E-state index < -0.39 is 0 Å². The summed E-state index contributed by atoms with van der Waals surface area (Å²) in [6.07, 6.45) is 0. The van der Waals surface area contributed by atoms with Crippen molar-refractivity contribution < 1.29 is 9.90 Å². The van der Waals surface area contributed by atoms with E-state index in [2.05, 4.69) is 20.7 Å². The lowest BCUT2D eigenvalue weighted by molar-refractivity contribution is -0.122. The first-order chi connectivity index (χ1) is 8.69. The third-order valence-corrected chi connectivity index (χ3v) is 3.03. The van der Waals surface area contributed by atoms with Crippen molar-refractivity contribution >= 4 is 17.2 Å². The number of tetrazole rings is 1. The van der Waals surface area contributed by atoms with E-state index in [1.165, 1.54) is 16.1 Å². The third kappa shape index (κ3) is 3.11. The van der Waals surface area contributed by atoms with Gasteiger partial charge >= 0.3 is 0 Å². The molecule has 1 atom stereocenters. The van der Waals surface area contributed by atoms with Crippen molar-refractivity contribution in [2.75, 3.05) is 6.61 Å². The molecule has 0 unspecified atom stereocenters. The molecular formula is C10H13N5O2S. The van der Waals surface area contributed by atoms with Gasteiger partial charge in [-0.3, -0.25) is 4.79 Å². The number of hydrogen-bond donors (Lipinski definition) is 2. The molecule has 0 bridgehead atoms. The molecule has 0 saturated heterocycles. The van der Waals surface area contributed by atoms with Gasteiger partial charge in [-0.2, -0.15) is 4.80 Å². The molecule has 0 saturated carbocycles. The number of nitrogens with zero attached hydrogens (tertiary/aromatic N) is 4. The number of amides is 1. The molecule has 0 spiro atoms. The Morgan fingerprint density at radius 3 is 3.17 bits per heavy atom. The van der Waals surface area contributed by atoms with Crippen LogP contribution >= 0.6 is 11.3 Å². The maximum Gasteiger partial charge on any atom is 0.243 e. The summed E-state index contributed by atoms with van der Waals surface area (Å²) in [4.78, 5) is 13.7. The summed E-state index contributed by atoms with van der Waals surface area (Å²) in [5.41, 5.74) is 0. The molecule has 2 aromatic heterocycles. The lowest BCUT2D eigenvalue weighted by atomic mass is 10.3. The van der Waals surface area contributed by atoms with Crippen LogP contribution in [0.4, 0.5) is 0 Å². The van der Waals surface area contributed by atoms with Crippen molar-refractivity contribution in [1.82, 2.24) is 25.5 Å². The van der Waals surface area contributed by atoms with Crippen LogP contribution in [-0.4, -0.2) is 43.9 Å². The zero-order chi connectivity index (χ0) is 13.0. The highest BCUT2D eigenvalue weighted by Gasteiger charge is 2.11. The second-order valence-corrected chi connectivity index (χ2v) is 4.72. The Morgan fingerprint density at radius 2 is 2.50 bits per heavy atom. The average Bonchev–Trinajstić information content (AvgIpc) is 2.98. The Hall–Kier alpha value is -1.80. The van der Waals surface area contributed by atoms with E-state index in [0.717, 1.165) is 4.88 Å². The Bertz CT molecular complexity index is 510. The summed E-state index contributed by atoms with van der Waals surface area (Å²) in [5, 5.41) is 25.1. The first-order valence-electron chi connectivity index (χ1n) is 5.41. The molecule has 2 rings (SSSR count). The predicted octanol–water partition coefficient (Wildman–Crippen LogP) is -0.101. The Morgan fingerprint density at radius 1 is 1.67 bits per heavy atom. The summed E-state index contributed by atoms with van der Waals surface area (Å²) in [6, 6.07) is 3.51. The summed E-state index contributed by atoms with van der Waals surface area (Å²) >= 11 is 1.51. The van der Waals surface area contributed by atoms with Gasteiger partial charge in [0.1, 0.15) is 6.54 Å². The Labute approximate surface area is 107 Å². The van der Waals surface area contributed by atoms with Crippen LogP contribution in [0.5, 0.6) is 0 Å². The minimum absolute atomic E-state index is 0.0112. The molecule has 7 nitrogen and oxygen atoms in total. The van der Waals surface area contributed by atoms with Gasteiger partial charge in [-0.25, -0.2) is 0 Å². The number of rotatable bonds is 5. The quantitative estimate of drug-likeness (QED) is 0.789. The van der Waals surface area contributed by atoms with Crippen LogP contribution in [0.15, 0.2) is 17.5 Å². The predicted molar refractivity (Wildman–Crippen MR) is 65.8 cm³/mol. The molecule has 0 aromatic carbocycles. The Kier molecular flexibility index (Phi) is 4.00. The van der Waals surface area contributed by atoms with Gasteiger partial charge in [-0.05, 0) is 23.6 Å². The SMILES string of the molecule is C[C@@H](CO)NC(=O)Cn1nnc(-c2cccs2)n1. The van der Waals surface area contributed by atoms with Crippen LogP contribution in [-0.2, 0) is 11.3 Å². The molecule has 2 aromatic rings. The number of carbonyl (C=O) groups is 1. The van der Waals surface area contributed by atoms with E-state index in [9.17, 15) is 4.79 Å². The van der Waals surface area contributed by atoms with Gasteiger partial charge in [0.25, 0.3) is 0 Å². The monoisotopic (exact) mass is 267 g/mol. The van der Waals surface area contributed by atoms with Gasteiger partial charge in [0.2, 0.25) is 11.7 Å². The number of aromatic nitrogens is 4. The van der Waals surface area contributed by atoms with Crippen LogP contribution in [0.2, 0.25) is 0 Å². The normalized spacial score (nSPS) is 12.3. The number of hydrogen-bond acceptors (Lipinski definition) is 6. The number of carbonyl (C=O) groups excluding carboxylic acids is 1.